The molecule has 5 heteroatoms. The number of carbonyl (C=O) groups excluding carboxylic acids is 1. The van der Waals surface area contributed by atoms with Crippen LogP contribution in [0, 0.1) is 11.8 Å². The van der Waals surface area contributed by atoms with E-state index < -0.39 is 0 Å². The lowest BCUT2D eigenvalue weighted by Gasteiger charge is -2.44. The van der Waals surface area contributed by atoms with Crippen molar-refractivity contribution < 1.29 is 4.79 Å². The van der Waals surface area contributed by atoms with Gasteiger partial charge >= 0.3 is 0 Å². The molecular weight excluding hydrogens is 298 g/mol. The number of carbonyl (C=O) groups is 1. The molecule has 1 aromatic rings. The van der Waals surface area contributed by atoms with Crippen LogP contribution in [0.2, 0.25) is 5.02 Å². The summed E-state index contributed by atoms with van der Waals surface area (Å²) < 4.78 is 0. The summed E-state index contributed by atoms with van der Waals surface area (Å²) in [5, 5.41) is 0.673. The minimum absolute atomic E-state index is 0.113. The molecule has 0 saturated carbocycles. The summed E-state index contributed by atoms with van der Waals surface area (Å²) in [5.74, 6) is 1.48. The number of benzene rings is 1. The van der Waals surface area contributed by atoms with Crippen LogP contribution in [0.25, 0.3) is 0 Å². The molecule has 0 spiro atoms. The van der Waals surface area contributed by atoms with Crippen LogP contribution >= 0.6 is 11.6 Å². The van der Waals surface area contributed by atoms with Gasteiger partial charge in [0.15, 0.2) is 0 Å². The van der Waals surface area contributed by atoms with E-state index in [1.54, 1.807) is 0 Å². The van der Waals surface area contributed by atoms with Crippen LogP contribution in [-0.4, -0.2) is 53.6 Å². The molecule has 5 heterocycles. The highest BCUT2D eigenvalue weighted by atomic mass is 35.5. The van der Waals surface area contributed by atoms with Gasteiger partial charge in [-0.2, -0.15) is 0 Å². The third kappa shape index (κ3) is 1.74. The maximum absolute atomic E-state index is 13.1. The molecule has 4 saturated heterocycles. The van der Waals surface area contributed by atoms with Crippen LogP contribution in [0.15, 0.2) is 23.2 Å². The summed E-state index contributed by atoms with van der Waals surface area (Å²) in [6.45, 7) is 4.92. The quantitative estimate of drug-likeness (QED) is 0.792. The SMILES string of the molecule is O=C(C1=NCc2ccc(Cl)cc21)N1C[C@@H]2CN3CC[C@@H]2[C@@H]1C3. The summed E-state index contributed by atoms with van der Waals surface area (Å²) in [6.07, 6.45) is 1.24. The number of likely N-dealkylation sites (tertiary alicyclic amines) is 1. The monoisotopic (exact) mass is 315 g/mol. The van der Waals surface area contributed by atoms with E-state index in [1.165, 1.54) is 19.5 Å². The van der Waals surface area contributed by atoms with Gasteiger partial charge in [-0.15, -0.1) is 0 Å². The van der Waals surface area contributed by atoms with Crippen molar-refractivity contribution in [2.24, 2.45) is 16.8 Å². The van der Waals surface area contributed by atoms with Crippen LogP contribution in [0.3, 0.4) is 0 Å². The highest BCUT2D eigenvalue weighted by Crippen LogP contribution is 2.42. The molecule has 1 unspecified atom stereocenters. The largest absolute Gasteiger partial charge is 0.332 e. The molecule has 0 aromatic heterocycles. The van der Waals surface area contributed by atoms with Crippen LogP contribution < -0.4 is 0 Å². The molecule has 5 aliphatic rings. The van der Waals surface area contributed by atoms with Gasteiger partial charge in [0.2, 0.25) is 0 Å². The van der Waals surface area contributed by atoms with Gasteiger partial charge in [-0.1, -0.05) is 17.7 Å². The molecule has 1 aromatic carbocycles. The Labute approximate surface area is 134 Å². The second kappa shape index (κ2) is 4.56. The van der Waals surface area contributed by atoms with Crippen LogP contribution in [-0.2, 0) is 11.3 Å². The second-order valence-electron chi connectivity index (χ2n) is 6.96. The number of aliphatic imine (C=N–C) groups is 1. The highest BCUT2D eigenvalue weighted by molar-refractivity contribution is 6.46. The van der Waals surface area contributed by atoms with Crippen molar-refractivity contribution in [3.8, 4) is 0 Å². The van der Waals surface area contributed by atoms with E-state index in [-0.39, 0.29) is 5.91 Å². The third-order valence-electron chi connectivity index (χ3n) is 5.85. The van der Waals surface area contributed by atoms with Gasteiger partial charge in [-0.25, -0.2) is 0 Å². The first kappa shape index (κ1) is 13.1. The Morgan fingerprint density at radius 3 is 3.00 bits per heavy atom. The zero-order valence-corrected chi connectivity index (χ0v) is 13.1. The molecule has 114 valence electrons. The van der Waals surface area contributed by atoms with Crippen molar-refractivity contribution in [3.63, 3.8) is 0 Å². The van der Waals surface area contributed by atoms with Crippen molar-refractivity contribution in [1.82, 2.24) is 9.80 Å². The normalized spacial score (nSPS) is 34.8. The van der Waals surface area contributed by atoms with Gasteiger partial charge in [0.25, 0.3) is 5.91 Å². The molecule has 5 aliphatic heterocycles. The minimum atomic E-state index is 0.113. The van der Waals surface area contributed by atoms with Crippen molar-refractivity contribution in [1.29, 1.82) is 0 Å². The number of fused-ring (bicyclic) bond motifs is 2. The lowest BCUT2D eigenvalue weighted by Crippen LogP contribution is -2.54. The highest BCUT2D eigenvalue weighted by Gasteiger charge is 2.51. The van der Waals surface area contributed by atoms with Crippen molar-refractivity contribution in [3.05, 3.63) is 34.3 Å². The smallest absolute Gasteiger partial charge is 0.272 e. The molecular formula is C17H18ClN3O. The molecule has 4 nitrogen and oxygen atoms in total. The summed E-state index contributed by atoms with van der Waals surface area (Å²) >= 11 is 6.11. The molecule has 1 amide bonds. The first-order chi connectivity index (χ1) is 10.7. The van der Waals surface area contributed by atoms with Crippen molar-refractivity contribution >= 4 is 23.2 Å². The summed E-state index contributed by atoms with van der Waals surface area (Å²) in [6, 6.07) is 6.14. The van der Waals surface area contributed by atoms with Gasteiger partial charge in [0.05, 0.1) is 6.54 Å². The summed E-state index contributed by atoms with van der Waals surface area (Å²) in [7, 11) is 0. The molecule has 6 rings (SSSR count). The summed E-state index contributed by atoms with van der Waals surface area (Å²) in [5.41, 5.74) is 2.67. The number of hydrogen-bond acceptors (Lipinski definition) is 3. The van der Waals surface area contributed by atoms with Crippen LogP contribution in [0.1, 0.15) is 17.5 Å². The van der Waals surface area contributed by atoms with E-state index in [1.807, 2.05) is 18.2 Å². The van der Waals surface area contributed by atoms with Crippen molar-refractivity contribution in [2.75, 3.05) is 26.2 Å². The lowest BCUT2D eigenvalue weighted by molar-refractivity contribution is -0.125. The Bertz CT molecular complexity index is 701. The lowest BCUT2D eigenvalue weighted by atomic mass is 9.80. The van der Waals surface area contributed by atoms with Crippen LogP contribution in [0.5, 0.6) is 0 Å². The first-order valence-electron chi connectivity index (χ1n) is 8.07. The van der Waals surface area contributed by atoms with Gasteiger partial charge in [0, 0.05) is 36.3 Å². The number of halogens is 1. The molecule has 0 radical (unpaired) electrons. The fourth-order valence-corrected chi connectivity index (χ4v) is 4.99. The molecule has 4 bridgehead atoms. The van der Waals surface area contributed by atoms with Crippen molar-refractivity contribution in [2.45, 2.75) is 19.0 Å². The third-order valence-corrected chi connectivity index (χ3v) is 6.08. The molecule has 4 atom stereocenters. The Hall–Kier alpha value is -1.39. The average Bonchev–Trinajstić information content (AvgIpc) is 3.06. The van der Waals surface area contributed by atoms with Gasteiger partial charge in [-0.05, 0) is 42.5 Å². The van der Waals surface area contributed by atoms with E-state index in [4.69, 9.17) is 11.6 Å². The Morgan fingerprint density at radius 1 is 1.27 bits per heavy atom. The Morgan fingerprint density at radius 2 is 2.18 bits per heavy atom. The van der Waals surface area contributed by atoms with E-state index in [0.717, 1.165) is 24.2 Å². The van der Waals surface area contributed by atoms with E-state index in [0.29, 0.717) is 35.2 Å². The number of nitrogens with zero attached hydrogens (tertiary/aromatic N) is 3. The molecule has 22 heavy (non-hydrogen) atoms. The number of rotatable bonds is 1. The predicted octanol–water partition coefficient (Wildman–Crippen LogP) is 1.81. The zero-order valence-electron chi connectivity index (χ0n) is 12.3. The average molecular weight is 316 g/mol. The Balaban J connectivity index is 1.46. The van der Waals surface area contributed by atoms with E-state index in [9.17, 15) is 4.79 Å². The fraction of sp³-hybridized carbons (Fsp3) is 0.529. The maximum Gasteiger partial charge on any atom is 0.272 e. The molecule has 4 fully saturated rings. The van der Waals surface area contributed by atoms with Gasteiger partial charge in [-0.3, -0.25) is 9.79 Å². The Kier molecular flexibility index (Phi) is 2.71. The first-order valence-corrected chi connectivity index (χ1v) is 8.45. The zero-order chi connectivity index (χ0) is 14.8. The van der Waals surface area contributed by atoms with E-state index in [2.05, 4.69) is 14.8 Å². The van der Waals surface area contributed by atoms with Crippen LogP contribution in [0.4, 0.5) is 0 Å². The fourth-order valence-electron chi connectivity index (χ4n) is 4.82. The van der Waals surface area contributed by atoms with E-state index >= 15 is 0 Å². The topological polar surface area (TPSA) is 35.9 Å². The molecule has 0 aliphatic carbocycles. The van der Waals surface area contributed by atoms with Gasteiger partial charge in [0.1, 0.15) is 5.71 Å². The minimum Gasteiger partial charge on any atom is -0.332 e. The number of hydrogen-bond donors (Lipinski definition) is 0. The summed E-state index contributed by atoms with van der Waals surface area (Å²) in [4.78, 5) is 22.2. The number of amides is 1. The number of piperidine rings is 3. The maximum atomic E-state index is 13.1. The second-order valence-corrected chi connectivity index (χ2v) is 7.40. The standard InChI is InChI=1S/C17H18ClN3O/c18-12-2-1-10-6-19-16(14(10)5-12)17(22)21-8-11-7-20-4-3-13(11)15(21)9-20/h1-2,5,11,13,15H,3-4,6-9H2/t11-,13-,15-/m0/s1. The molecule has 0 N–H and O–H groups in total. The predicted molar refractivity (Wildman–Crippen MR) is 85.2 cm³/mol. The van der Waals surface area contributed by atoms with Gasteiger partial charge < -0.3 is 9.80 Å².